The number of rotatable bonds is 3. The van der Waals surface area contributed by atoms with Crippen molar-refractivity contribution in [3.05, 3.63) is 35.1 Å². The maximum absolute atomic E-state index is 13.8. The van der Waals surface area contributed by atoms with Crippen molar-refractivity contribution in [2.45, 2.75) is 26.3 Å². The molecule has 1 aromatic rings. The SMILES string of the molecule is Cc1cccc(C(=O)N(C)C(C)(C)CO)c1F. The predicted octanol–water partition coefficient (Wildman–Crippen LogP) is 1.98. The normalized spacial score (nSPS) is 11.4. The molecular weight excluding hydrogens is 221 g/mol. The van der Waals surface area contributed by atoms with E-state index in [1.807, 2.05) is 0 Å². The van der Waals surface area contributed by atoms with E-state index < -0.39 is 17.3 Å². The van der Waals surface area contributed by atoms with E-state index in [2.05, 4.69) is 0 Å². The highest BCUT2D eigenvalue weighted by molar-refractivity contribution is 5.95. The fourth-order valence-corrected chi connectivity index (χ4v) is 1.37. The van der Waals surface area contributed by atoms with Gasteiger partial charge in [0.2, 0.25) is 0 Å². The molecule has 1 rings (SSSR count). The molecule has 0 aromatic heterocycles. The van der Waals surface area contributed by atoms with Gasteiger partial charge in [-0.15, -0.1) is 0 Å². The first-order chi connectivity index (χ1) is 7.81. The highest BCUT2D eigenvalue weighted by Gasteiger charge is 2.29. The van der Waals surface area contributed by atoms with Crippen LogP contribution in [0.2, 0.25) is 0 Å². The lowest BCUT2D eigenvalue weighted by molar-refractivity contribution is 0.0469. The number of halogens is 1. The number of carbonyl (C=O) groups is 1. The number of benzene rings is 1. The summed E-state index contributed by atoms with van der Waals surface area (Å²) in [6, 6.07) is 4.71. The van der Waals surface area contributed by atoms with Gasteiger partial charge in [0, 0.05) is 7.05 Å². The van der Waals surface area contributed by atoms with Crippen molar-refractivity contribution >= 4 is 5.91 Å². The van der Waals surface area contributed by atoms with Gasteiger partial charge in [-0.2, -0.15) is 0 Å². The molecule has 0 atom stereocenters. The average molecular weight is 239 g/mol. The van der Waals surface area contributed by atoms with Crippen LogP contribution in [-0.4, -0.2) is 35.1 Å². The second-order valence-electron chi connectivity index (χ2n) is 4.77. The van der Waals surface area contributed by atoms with Crippen LogP contribution in [0.25, 0.3) is 0 Å². The number of hydrogen-bond acceptors (Lipinski definition) is 2. The van der Waals surface area contributed by atoms with Crippen molar-refractivity contribution in [3.63, 3.8) is 0 Å². The molecule has 1 N–H and O–H groups in total. The van der Waals surface area contributed by atoms with Gasteiger partial charge in [-0.1, -0.05) is 12.1 Å². The second kappa shape index (κ2) is 4.84. The van der Waals surface area contributed by atoms with Crippen LogP contribution in [0.1, 0.15) is 29.8 Å². The summed E-state index contributed by atoms with van der Waals surface area (Å²) in [5.74, 6) is -0.927. The molecule has 0 radical (unpaired) electrons. The summed E-state index contributed by atoms with van der Waals surface area (Å²) in [5.41, 5.74) is -0.243. The predicted molar refractivity (Wildman–Crippen MR) is 64.4 cm³/mol. The first-order valence-electron chi connectivity index (χ1n) is 5.45. The standard InChI is InChI=1S/C13H18FNO2/c1-9-6-5-7-10(11(9)14)12(17)15(4)13(2,3)8-16/h5-7,16H,8H2,1-4H3. The van der Waals surface area contributed by atoms with E-state index in [0.717, 1.165) is 0 Å². The van der Waals surface area contributed by atoms with Crippen LogP contribution in [-0.2, 0) is 0 Å². The Kier molecular flexibility index (Phi) is 3.88. The molecular formula is C13H18FNO2. The molecule has 94 valence electrons. The zero-order valence-corrected chi connectivity index (χ0v) is 10.6. The summed E-state index contributed by atoms with van der Waals surface area (Å²) in [7, 11) is 1.56. The van der Waals surface area contributed by atoms with Crippen LogP contribution in [0, 0.1) is 12.7 Å². The van der Waals surface area contributed by atoms with E-state index in [4.69, 9.17) is 0 Å². The van der Waals surface area contributed by atoms with E-state index in [-0.39, 0.29) is 12.2 Å². The Balaban J connectivity index is 3.09. The Morgan fingerprint density at radius 3 is 2.59 bits per heavy atom. The molecule has 0 aliphatic carbocycles. The van der Waals surface area contributed by atoms with Gasteiger partial charge >= 0.3 is 0 Å². The van der Waals surface area contributed by atoms with Gasteiger partial charge in [0.25, 0.3) is 5.91 Å². The molecule has 17 heavy (non-hydrogen) atoms. The molecule has 0 saturated carbocycles. The molecule has 1 amide bonds. The van der Waals surface area contributed by atoms with Gasteiger partial charge in [-0.05, 0) is 32.4 Å². The number of amides is 1. The van der Waals surface area contributed by atoms with Crippen LogP contribution in [0.15, 0.2) is 18.2 Å². The molecule has 0 spiro atoms. The van der Waals surface area contributed by atoms with Crippen LogP contribution < -0.4 is 0 Å². The van der Waals surface area contributed by atoms with Gasteiger partial charge in [0.15, 0.2) is 0 Å². The number of aryl methyl sites for hydroxylation is 1. The second-order valence-corrected chi connectivity index (χ2v) is 4.77. The van der Waals surface area contributed by atoms with Crippen LogP contribution in [0.5, 0.6) is 0 Å². The van der Waals surface area contributed by atoms with Crippen molar-refractivity contribution < 1.29 is 14.3 Å². The molecule has 0 saturated heterocycles. The zero-order chi connectivity index (χ0) is 13.2. The van der Waals surface area contributed by atoms with Gasteiger partial charge in [0.05, 0.1) is 17.7 Å². The Morgan fingerprint density at radius 1 is 1.47 bits per heavy atom. The maximum Gasteiger partial charge on any atom is 0.257 e. The molecule has 1 aromatic carbocycles. The topological polar surface area (TPSA) is 40.5 Å². The smallest absolute Gasteiger partial charge is 0.257 e. The minimum atomic E-state index is -0.715. The zero-order valence-electron chi connectivity index (χ0n) is 10.6. The maximum atomic E-state index is 13.8. The van der Waals surface area contributed by atoms with Crippen molar-refractivity contribution in [3.8, 4) is 0 Å². The minimum absolute atomic E-state index is 0.0361. The molecule has 4 heteroatoms. The molecule has 0 bridgehead atoms. The van der Waals surface area contributed by atoms with Crippen LogP contribution in [0.4, 0.5) is 4.39 Å². The van der Waals surface area contributed by atoms with E-state index in [0.29, 0.717) is 5.56 Å². The fraction of sp³-hybridized carbons (Fsp3) is 0.462. The lowest BCUT2D eigenvalue weighted by Gasteiger charge is -2.34. The summed E-state index contributed by atoms with van der Waals surface area (Å²) < 4.78 is 13.8. The minimum Gasteiger partial charge on any atom is -0.394 e. The van der Waals surface area contributed by atoms with Gasteiger partial charge in [-0.3, -0.25) is 4.79 Å². The van der Waals surface area contributed by atoms with Crippen LogP contribution in [0.3, 0.4) is 0 Å². The summed E-state index contributed by atoms with van der Waals surface area (Å²) >= 11 is 0. The lowest BCUT2D eigenvalue weighted by atomic mass is 10.0. The highest BCUT2D eigenvalue weighted by Crippen LogP contribution is 2.18. The molecule has 0 fully saturated rings. The summed E-state index contributed by atoms with van der Waals surface area (Å²) in [4.78, 5) is 13.5. The molecule has 0 unspecified atom stereocenters. The number of hydrogen-bond donors (Lipinski definition) is 1. The Hall–Kier alpha value is -1.42. The third-order valence-electron chi connectivity index (χ3n) is 3.02. The summed E-state index contributed by atoms with van der Waals surface area (Å²) in [5, 5.41) is 9.20. The number of aliphatic hydroxyl groups excluding tert-OH is 1. The van der Waals surface area contributed by atoms with Crippen LogP contribution >= 0.6 is 0 Å². The molecule has 0 aliphatic rings. The van der Waals surface area contributed by atoms with Crippen molar-refractivity contribution in [2.75, 3.05) is 13.7 Å². The van der Waals surface area contributed by atoms with Crippen molar-refractivity contribution in [1.29, 1.82) is 0 Å². The number of carbonyl (C=O) groups excluding carboxylic acids is 1. The number of likely N-dealkylation sites (N-methyl/N-ethyl adjacent to an activating group) is 1. The third-order valence-corrected chi connectivity index (χ3v) is 3.02. The van der Waals surface area contributed by atoms with E-state index in [9.17, 15) is 14.3 Å². The number of nitrogens with zero attached hydrogens (tertiary/aromatic N) is 1. The average Bonchev–Trinajstić information content (AvgIpc) is 2.30. The van der Waals surface area contributed by atoms with Crippen molar-refractivity contribution in [1.82, 2.24) is 4.90 Å². The van der Waals surface area contributed by atoms with Gasteiger partial charge < -0.3 is 10.0 Å². The monoisotopic (exact) mass is 239 g/mol. The fourth-order valence-electron chi connectivity index (χ4n) is 1.37. The molecule has 0 aliphatic heterocycles. The van der Waals surface area contributed by atoms with E-state index in [1.54, 1.807) is 40.0 Å². The number of aliphatic hydroxyl groups is 1. The Bertz CT molecular complexity index is 429. The first-order valence-corrected chi connectivity index (χ1v) is 5.45. The van der Waals surface area contributed by atoms with Gasteiger partial charge in [-0.25, -0.2) is 4.39 Å². The van der Waals surface area contributed by atoms with E-state index >= 15 is 0 Å². The third kappa shape index (κ3) is 2.64. The Morgan fingerprint density at radius 2 is 2.06 bits per heavy atom. The largest absolute Gasteiger partial charge is 0.394 e. The van der Waals surface area contributed by atoms with Crippen molar-refractivity contribution in [2.24, 2.45) is 0 Å². The lowest BCUT2D eigenvalue weighted by Crippen LogP contribution is -2.47. The Labute approximate surface area is 101 Å². The summed E-state index contributed by atoms with van der Waals surface area (Å²) in [6.45, 7) is 4.88. The molecule has 0 heterocycles. The van der Waals surface area contributed by atoms with E-state index in [1.165, 1.54) is 11.0 Å². The quantitative estimate of drug-likeness (QED) is 0.876. The summed E-state index contributed by atoms with van der Waals surface area (Å²) in [6.07, 6.45) is 0. The highest BCUT2D eigenvalue weighted by atomic mass is 19.1. The van der Waals surface area contributed by atoms with Gasteiger partial charge in [0.1, 0.15) is 5.82 Å². The first kappa shape index (κ1) is 13.6. The molecule has 3 nitrogen and oxygen atoms in total.